The van der Waals surface area contributed by atoms with Crippen molar-refractivity contribution in [2.24, 2.45) is 5.73 Å². The summed E-state index contributed by atoms with van der Waals surface area (Å²) >= 11 is 3.42. The number of halogens is 2. The van der Waals surface area contributed by atoms with Crippen molar-refractivity contribution in [2.75, 3.05) is 19.7 Å². The Morgan fingerprint density at radius 2 is 2.21 bits per heavy atom. The first-order valence-electron chi connectivity index (χ1n) is 6.73. The van der Waals surface area contributed by atoms with Gasteiger partial charge in [-0.3, -0.25) is 4.90 Å². The van der Waals surface area contributed by atoms with Gasteiger partial charge in [0.25, 0.3) is 0 Å². The predicted molar refractivity (Wildman–Crippen MR) is 75.4 cm³/mol. The van der Waals surface area contributed by atoms with Crippen molar-refractivity contribution in [2.45, 2.75) is 31.0 Å². The molecule has 5 heteroatoms. The number of nitrogens with two attached hydrogens (primary N) is 1. The molecule has 2 atom stereocenters. The number of hydrogen-bond donors (Lipinski definition) is 1. The third-order valence-corrected chi connectivity index (χ3v) is 4.41. The first kappa shape index (κ1) is 13.5. The molecule has 19 heavy (non-hydrogen) atoms. The minimum atomic E-state index is -0.178. The van der Waals surface area contributed by atoms with Gasteiger partial charge in [-0.05, 0) is 31.0 Å². The quantitative estimate of drug-likeness (QED) is 0.926. The molecule has 3 nitrogen and oxygen atoms in total. The minimum absolute atomic E-state index is 0.0660. The molecule has 2 aliphatic rings. The highest BCUT2D eigenvalue weighted by Gasteiger charge is 2.41. The number of morpholine rings is 1. The van der Waals surface area contributed by atoms with Crippen molar-refractivity contribution in [1.29, 1.82) is 0 Å². The third-order valence-electron chi connectivity index (χ3n) is 3.92. The Balaban J connectivity index is 1.97. The normalized spacial score (nSPS) is 28.6. The lowest BCUT2D eigenvalue weighted by Gasteiger charge is -2.41. The Hall–Kier alpha value is -0.490. The molecule has 3 rings (SSSR count). The summed E-state index contributed by atoms with van der Waals surface area (Å²) < 4.78 is 20.8. The smallest absolute Gasteiger partial charge is 0.128 e. The molecule has 0 radical (unpaired) electrons. The molecule has 1 aromatic carbocycles. The van der Waals surface area contributed by atoms with Gasteiger partial charge in [0.05, 0.1) is 18.8 Å². The molecule has 1 aliphatic carbocycles. The molecular formula is C14H18BrFN2O. The van der Waals surface area contributed by atoms with Gasteiger partial charge in [0.1, 0.15) is 5.82 Å². The molecule has 0 aromatic heterocycles. The zero-order valence-corrected chi connectivity index (χ0v) is 12.3. The standard InChI is InChI=1S/C14H18BrFN2O/c15-9-1-4-12(16)11(7-9)14-13(8-17)19-6-5-18(14)10-2-3-10/h1,4,7,10,13-14H,2-3,5-6,8,17H2. The van der Waals surface area contributed by atoms with Gasteiger partial charge in [-0.2, -0.15) is 0 Å². The van der Waals surface area contributed by atoms with Crippen LogP contribution in [-0.4, -0.2) is 36.7 Å². The van der Waals surface area contributed by atoms with Gasteiger partial charge in [-0.1, -0.05) is 15.9 Å². The molecule has 0 spiro atoms. The van der Waals surface area contributed by atoms with Crippen molar-refractivity contribution < 1.29 is 9.13 Å². The van der Waals surface area contributed by atoms with E-state index in [-0.39, 0.29) is 18.0 Å². The summed E-state index contributed by atoms with van der Waals surface area (Å²) in [6, 6.07) is 5.59. The van der Waals surface area contributed by atoms with Crippen LogP contribution in [0.15, 0.2) is 22.7 Å². The zero-order valence-electron chi connectivity index (χ0n) is 10.7. The summed E-state index contributed by atoms with van der Waals surface area (Å²) in [4.78, 5) is 2.37. The summed E-state index contributed by atoms with van der Waals surface area (Å²) in [5.41, 5.74) is 6.51. The fraction of sp³-hybridized carbons (Fsp3) is 0.571. The Kier molecular flexibility index (Phi) is 3.89. The number of benzene rings is 1. The lowest BCUT2D eigenvalue weighted by atomic mass is 9.97. The largest absolute Gasteiger partial charge is 0.374 e. The second-order valence-electron chi connectivity index (χ2n) is 5.22. The molecule has 1 heterocycles. The van der Waals surface area contributed by atoms with Crippen LogP contribution in [0.1, 0.15) is 24.4 Å². The van der Waals surface area contributed by atoms with Crippen molar-refractivity contribution in [3.63, 3.8) is 0 Å². The fourth-order valence-corrected chi connectivity index (χ4v) is 3.27. The van der Waals surface area contributed by atoms with E-state index in [1.54, 1.807) is 6.07 Å². The van der Waals surface area contributed by atoms with Crippen molar-refractivity contribution >= 4 is 15.9 Å². The maximum Gasteiger partial charge on any atom is 0.128 e. The topological polar surface area (TPSA) is 38.5 Å². The summed E-state index contributed by atoms with van der Waals surface area (Å²) in [6.07, 6.45) is 2.27. The van der Waals surface area contributed by atoms with E-state index in [9.17, 15) is 4.39 Å². The Bertz CT molecular complexity index is 467. The van der Waals surface area contributed by atoms with Crippen LogP contribution in [0.2, 0.25) is 0 Å². The van der Waals surface area contributed by atoms with E-state index in [4.69, 9.17) is 10.5 Å². The summed E-state index contributed by atoms with van der Waals surface area (Å²) in [6.45, 7) is 1.96. The van der Waals surface area contributed by atoms with E-state index in [1.165, 1.54) is 18.9 Å². The summed E-state index contributed by atoms with van der Waals surface area (Å²) in [5, 5.41) is 0. The van der Waals surface area contributed by atoms with Gasteiger partial charge in [0.2, 0.25) is 0 Å². The minimum Gasteiger partial charge on any atom is -0.374 e. The van der Waals surface area contributed by atoms with Crippen LogP contribution < -0.4 is 5.73 Å². The van der Waals surface area contributed by atoms with Crippen molar-refractivity contribution in [3.05, 3.63) is 34.1 Å². The molecule has 1 saturated heterocycles. The van der Waals surface area contributed by atoms with E-state index in [2.05, 4.69) is 20.8 Å². The number of hydrogen-bond acceptors (Lipinski definition) is 3. The van der Waals surface area contributed by atoms with Crippen molar-refractivity contribution in [1.82, 2.24) is 4.90 Å². The Morgan fingerprint density at radius 3 is 2.89 bits per heavy atom. The zero-order chi connectivity index (χ0) is 13.4. The number of rotatable bonds is 3. The highest BCUT2D eigenvalue weighted by molar-refractivity contribution is 9.10. The molecule has 0 amide bonds. The van der Waals surface area contributed by atoms with E-state index >= 15 is 0 Å². The van der Waals surface area contributed by atoms with Crippen LogP contribution in [0.5, 0.6) is 0 Å². The van der Waals surface area contributed by atoms with Gasteiger partial charge in [0, 0.05) is 29.2 Å². The van der Waals surface area contributed by atoms with Gasteiger partial charge in [-0.15, -0.1) is 0 Å². The molecule has 0 bridgehead atoms. The second kappa shape index (κ2) is 5.48. The van der Waals surface area contributed by atoms with Gasteiger partial charge in [-0.25, -0.2) is 4.39 Å². The lowest BCUT2D eigenvalue weighted by molar-refractivity contribution is -0.0722. The molecular weight excluding hydrogens is 311 g/mol. The van der Waals surface area contributed by atoms with Crippen molar-refractivity contribution in [3.8, 4) is 0 Å². The van der Waals surface area contributed by atoms with Crippen LogP contribution in [0.4, 0.5) is 4.39 Å². The average Bonchev–Trinajstić information content (AvgIpc) is 3.25. The fourth-order valence-electron chi connectivity index (χ4n) is 2.89. The summed E-state index contributed by atoms with van der Waals surface area (Å²) in [7, 11) is 0. The molecule has 2 N–H and O–H groups in total. The van der Waals surface area contributed by atoms with E-state index < -0.39 is 0 Å². The second-order valence-corrected chi connectivity index (χ2v) is 6.14. The SMILES string of the molecule is NCC1OCCN(C2CC2)C1c1cc(Br)ccc1F. The van der Waals surface area contributed by atoms with Crippen LogP contribution in [0, 0.1) is 5.82 Å². The van der Waals surface area contributed by atoms with Crippen LogP contribution in [0.25, 0.3) is 0 Å². The highest BCUT2D eigenvalue weighted by atomic mass is 79.9. The van der Waals surface area contributed by atoms with Gasteiger partial charge in [0.15, 0.2) is 0 Å². The molecule has 2 fully saturated rings. The Morgan fingerprint density at radius 1 is 1.42 bits per heavy atom. The van der Waals surface area contributed by atoms with E-state index in [0.29, 0.717) is 24.8 Å². The van der Waals surface area contributed by atoms with Crippen LogP contribution >= 0.6 is 15.9 Å². The monoisotopic (exact) mass is 328 g/mol. The predicted octanol–water partition coefficient (Wildman–Crippen LogP) is 2.45. The first-order valence-corrected chi connectivity index (χ1v) is 7.52. The number of nitrogens with zero attached hydrogens (tertiary/aromatic N) is 1. The van der Waals surface area contributed by atoms with Crippen LogP contribution in [0.3, 0.4) is 0 Å². The molecule has 2 unspecified atom stereocenters. The van der Waals surface area contributed by atoms with E-state index in [1.807, 2.05) is 6.07 Å². The van der Waals surface area contributed by atoms with E-state index in [0.717, 1.165) is 11.0 Å². The average molecular weight is 329 g/mol. The van der Waals surface area contributed by atoms with Gasteiger partial charge < -0.3 is 10.5 Å². The lowest BCUT2D eigenvalue weighted by Crippen LogP contribution is -2.49. The highest BCUT2D eigenvalue weighted by Crippen LogP contribution is 2.39. The first-order chi connectivity index (χ1) is 9.20. The third kappa shape index (κ3) is 2.70. The van der Waals surface area contributed by atoms with Gasteiger partial charge >= 0.3 is 0 Å². The maximum atomic E-state index is 14.2. The Labute approximate surface area is 121 Å². The van der Waals surface area contributed by atoms with Crippen LogP contribution in [-0.2, 0) is 4.74 Å². The molecule has 104 valence electrons. The molecule has 1 aromatic rings. The number of ether oxygens (including phenoxy) is 1. The summed E-state index contributed by atoms with van der Waals surface area (Å²) in [5.74, 6) is -0.178. The molecule has 1 saturated carbocycles. The maximum absolute atomic E-state index is 14.2. The molecule has 1 aliphatic heterocycles.